The molecule has 5 nitrogen and oxygen atoms in total. The van der Waals surface area contributed by atoms with Crippen LogP contribution in [-0.4, -0.2) is 10.1 Å². The fourth-order valence-electron chi connectivity index (χ4n) is 1.31. The molecular weight excluding hydrogens is 240 g/mol. The van der Waals surface area contributed by atoms with Crippen LogP contribution in [0.2, 0.25) is 5.02 Å². The summed E-state index contributed by atoms with van der Waals surface area (Å²) in [6.07, 6.45) is 0. The summed E-state index contributed by atoms with van der Waals surface area (Å²) in [7, 11) is 0. The molecule has 0 aliphatic heterocycles. The molecule has 86 valence electrons. The number of nitriles is 1. The minimum absolute atomic E-state index is 0.418. The molecule has 0 spiro atoms. The van der Waals surface area contributed by atoms with E-state index in [9.17, 15) is 0 Å². The molecule has 0 aliphatic rings. The molecule has 0 amide bonds. The zero-order valence-corrected chi connectivity index (χ0v) is 9.82. The SMILES string of the molecule is Cc1nc(CNc2ccc(C#N)c(Cl)c2)no1. The summed E-state index contributed by atoms with van der Waals surface area (Å²) in [5.41, 5.74) is 1.25. The highest BCUT2D eigenvalue weighted by Gasteiger charge is 2.03. The van der Waals surface area contributed by atoms with E-state index in [1.807, 2.05) is 6.07 Å². The second kappa shape index (κ2) is 4.85. The maximum Gasteiger partial charge on any atom is 0.223 e. The Kier molecular flexibility index (Phi) is 3.26. The minimum atomic E-state index is 0.418. The molecule has 0 atom stereocenters. The Bertz CT molecular complexity index is 573. The molecule has 2 rings (SSSR count). The standard InChI is InChI=1S/C11H9ClN4O/c1-7-15-11(16-17-7)6-14-9-3-2-8(5-13)10(12)4-9/h2-4,14H,6H2,1H3. The first-order valence-corrected chi connectivity index (χ1v) is 5.29. The molecule has 1 aromatic heterocycles. The number of benzene rings is 1. The van der Waals surface area contributed by atoms with Gasteiger partial charge in [0.25, 0.3) is 0 Å². The molecule has 1 heterocycles. The van der Waals surface area contributed by atoms with Gasteiger partial charge in [-0.2, -0.15) is 10.2 Å². The van der Waals surface area contributed by atoms with E-state index in [0.717, 1.165) is 5.69 Å². The summed E-state index contributed by atoms with van der Waals surface area (Å²) in [4.78, 5) is 4.06. The van der Waals surface area contributed by atoms with Crippen LogP contribution in [0.25, 0.3) is 0 Å². The number of halogens is 1. The highest BCUT2D eigenvalue weighted by atomic mass is 35.5. The average molecular weight is 249 g/mol. The lowest BCUT2D eigenvalue weighted by molar-refractivity contribution is 0.388. The van der Waals surface area contributed by atoms with Crippen LogP contribution in [0.1, 0.15) is 17.3 Å². The van der Waals surface area contributed by atoms with Gasteiger partial charge in [0.05, 0.1) is 17.1 Å². The topological polar surface area (TPSA) is 74.7 Å². The molecule has 6 heteroatoms. The van der Waals surface area contributed by atoms with Crippen molar-refractivity contribution in [2.24, 2.45) is 0 Å². The molecule has 0 bridgehead atoms. The van der Waals surface area contributed by atoms with E-state index < -0.39 is 0 Å². The predicted octanol–water partition coefficient (Wildman–Crippen LogP) is 2.52. The van der Waals surface area contributed by atoms with Crippen LogP contribution in [0.4, 0.5) is 5.69 Å². The van der Waals surface area contributed by atoms with E-state index in [1.165, 1.54) is 0 Å². The molecule has 17 heavy (non-hydrogen) atoms. The van der Waals surface area contributed by atoms with Crippen molar-refractivity contribution < 1.29 is 4.52 Å². The van der Waals surface area contributed by atoms with E-state index in [4.69, 9.17) is 21.4 Å². The predicted molar refractivity (Wildman–Crippen MR) is 62.5 cm³/mol. The lowest BCUT2D eigenvalue weighted by atomic mass is 10.2. The van der Waals surface area contributed by atoms with Gasteiger partial charge in [-0.25, -0.2) is 0 Å². The van der Waals surface area contributed by atoms with Gasteiger partial charge in [0.2, 0.25) is 5.89 Å². The van der Waals surface area contributed by atoms with Crippen molar-refractivity contribution in [1.29, 1.82) is 5.26 Å². The Morgan fingerprint density at radius 1 is 1.53 bits per heavy atom. The average Bonchev–Trinajstić information content (AvgIpc) is 2.73. The van der Waals surface area contributed by atoms with Gasteiger partial charge in [-0.15, -0.1) is 0 Å². The van der Waals surface area contributed by atoms with E-state index in [1.54, 1.807) is 25.1 Å². The van der Waals surface area contributed by atoms with Crippen LogP contribution in [0.3, 0.4) is 0 Å². The van der Waals surface area contributed by atoms with Gasteiger partial charge in [0.15, 0.2) is 5.82 Å². The van der Waals surface area contributed by atoms with E-state index >= 15 is 0 Å². The summed E-state index contributed by atoms with van der Waals surface area (Å²) >= 11 is 5.90. The molecule has 2 aromatic rings. The monoisotopic (exact) mass is 248 g/mol. The lowest BCUT2D eigenvalue weighted by Crippen LogP contribution is -2.01. The van der Waals surface area contributed by atoms with Crippen molar-refractivity contribution in [3.63, 3.8) is 0 Å². The summed E-state index contributed by atoms with van der Waals surface area (Å²) in [6, 6.07) is 7.12. The van der Waals surface area contributed by atoms with Crippen LogP contribution < -0.4 is 5.32 Å². The molecule has 1 N–H and O–H groups in total. The van der Waals surface area contributed by atoms with Crippen molar-refractivity contribution in [2.45, 2.75) is 13.5 Å². The maximum absolute atomic E-state index is 8.73. The highest BCUT2D eigenvalue weighted by molar-refractivity contribution is 6.32. The highest BCUT2D eigenvalue weighted by Crippen LogP contribution is 2.20. The van der Waals surface area contributed by atoms with Crippen LogP contribution in [0, 0.1) is 18.3 Å². The van der Waals surface area contributed by atoms with Crippen molar-refractivity contribution in [3.05, 3.63) is 40.5 Å². The Hall–Kier alpha value is -2.06. The second-order valence-electron chi connectivity index (χ2n) is 3.39. The van der Waals surface area contributed by atoms with Crippen molar-refractivity contribution in [3.8, 4) is 6.07 Å². The molecular formula is C11H9ClN4O. The number of anilines is 1. The quantitative estimate of drug-likeness (QED) is 0.903. The number of aromatic nitrogens is 2. The Labute approximate surface area is 103 Å². The molecule has 0 fully saturated rings. The van der Waals surface area contributed by atoms with Crippen molar-refractivity contribution in [2.75, 3.05) is 5.32 Å². The van der Waals surface area contributed by atoms with Gasteiger partial charge >= 0.3 is 0 Å². The zero-order chi connectivity index (χ0) is 12.3. The third kappa shape index (κ3) is 2.74. The Balaban J connectivity index is 2.05. The molecule has 0 aliphatic carbocycles. The van der Waals surface area contributed by atoms with E-state index in [-0.39, 0.29) is 0 Å². The first kappa shape index (κ1) is 11.4. The normalized spacial score (nSPS) is 9.94. The number of hydrogen-bond donors (Lipinski definition) is 1. The van der Waals surface area contributed by atoms with Gasteiger partial charge < -0.3 is 9.84 Å². The number of nitrogens with one attached hydrogen (secondary N) is 1. The maximum atomic E-state index is 8.73. The Morgan fingerprint density at radius 2 is 2.35 bits per heavy atom. The van der Waals surface area contributed by atoms with Gasteiger partial charge in [-0.1, -0.05) is 16.8 Å². The van der Waals surface area contributed by atoms with E-state index in [2.05, 4.69) is 15.5 Å². The third-order valence-electron chi connectivity index (χ3n) is 2.11. The molecule has 0 radical (unpaired) electrons. The fraction of sp³-hybridized carbons (Fsp3) is 0.182. The second-order valence-corrected chi connectivity index (χ2v) is 3.80. The summed E-state index contributed by atoms with van der Waals surface area (Å²) in [5, 5.41) is 16.0. The fourth-order valence-corrected chi connectivity index (χ4v) is 1.53. The van der Waals surface area contributed by atoms with Crippen LogP contribution >= 0.6 is 11.6 Å². The smallest absolute Gasteiger partial charge is 0.223 e. The first-order chi connectivity index (χ1) is 8.19. The van der Waals surface area contributed by atoms with Crippen molar-refractivity contribution >= 4 is 17.3 Å². The van der Waals surface area contributed by atoms with Gasteiger partial charge in [0, 0.05) is 12.6 Å². The number of rotatable bonds is 3. The molecule has 0 saturated carbocycles. The van der Waals surface area contributed by atoms with Crippen LogP contribution in [0.15, 0.2) is 22.7 Å². The third-order valence-corrected chi connectivity index (χ3v) is 2.42. The van der Waals surface area contributed by atoms with Crippen LogP contribution in [-0.2, 0) is 6.54 Å². The number of hydrogen-bond acceptors (Lipinski definition) is 5. The summed E-state index contributed by atoms with van der Waals surface area (Å²) < 4.78 is 4.84. The number of nitrogens with zero attached hydrogens (tertiary/aromatic N) is 3. The molecule has 1 aromatic carbocycles. The lowest BCUT2D eigenvalue weighted by Gasteiger charge is -2.04. The minimum Gasteiger partial charge on any atom is -0.378 e. The zero-order valence-electron chi connectivity index (χ0n) is 9.07. The van der Waals surface area contributed by atoms with Crippen molar-refractivity contribution in [1.82, 2.24) is 10.1 Å². The number of aryl methyl sites for hydroxylation is 1. The summed E-state index contributed by atoms with van der Waals surface area (Å²) in [5.74, 6) is 1.10. The van der Waals surface area contributed by atoms with Crippen LogP contribution in [0.5, 0.6) is 0 Å². The van der Waals surface area contributed by atoms with Gasteiger partial charge in [-0.3, -0.25) is 0 Å². The van der Waals surface area contributed by atoms with Gasteiger partial charge in [-0.05, 0) is 18.2 Å². The molecule has 0 saturated heterocycles. The van der Waals surface area contributed by atoms with E-state index in [0.29, 0.717) is 28.8 Å². The Morgan fingerprint density at radius 3 is 2.94 bits per heavy atom. The molecule has 0 unspecified atom stereocenters. The first-order valence-electron chi connectivity index (χ1n) is 4.92. The van der Waals surface area contributed by atoms with Gasteiger partial charge in [0.1, 0.15) is 6.07 Å². The summed E-state index contributed by atoms with van der Waals surface area (Å²) in [6.45, 7) is 2.18. The largest absolute Gasteiger partial charge is 0.378 e.